The lowest BCUT2D eigenvalue weighted by molar-refractivity contribution is -0.115. The number of halogens is 1. The molecule has 1 amide bonds. The number of nitrogens with zero attached hydrogens (tertiary/aromatic N) is 2. The summed E-state index contributed by atoms with van der Waals surface area (Å²) in [6, 6.07) is 20.9. The van der Waals surface area contributed by atoms with Crippen molar-refractivity contribution in [3.05, 3.63) is 71.2 Å². The van der Waals surface area contributed by atoms with Crippen LogP contribution >= 0.6 is 23.4 Å². The van der Waals surface area contributed by atoms with Gasteiger partial charge in [-0.05, 0) is 55.3 Å². The fraction of sp³-hybridized carbons (Fsp3) is 0.160. The predicted octanol–water partition coefficient (Wildman–Crippen LogP) is 6.21. The number of carbonyl (C=O) groups excluding carboxylic acids is 1. The summed E-state index contributed by atoms with van der Waals surface area (Å²) in [4.78, 5) is 20.7. The molecule has 0 aliphatic carbocycles. The number of hydrogen-bond donors (Lipinski definition) is 2. The molecule has 4 aromatic rings. The maximum Gasteiger partial charge on any atom is 0.237 e. The Balaban J connectivity index is 1.51. The molecular formula is C25H21ClN4O2S. The summed E-state index contributed by atoms with van der Waals surface area (Å²) in [6.07, 6.45) is 0. The van der Waals surface area contributed by atoms with Gasteiger partial charge in [-0.3, -0.25) is 4.79 Å². The minimum Gasteiger partial charge on any atom is -0.479 e. The zero-order valence-corrected chi connectivity index (χ0v) is 19.6. The van der Waals surface area contributed by atoms with E-state index in [0.29, 0.717) is 21.6 Å². The zero-order valence-electron chi connectivity index (χ0n) is 18.1. The van der Waals surface area contributed by atoms with Gasteiger partial charge in [0.15, 0.2) is 11.8 Å². The first kappa shape index (κ1) is 22.7. The lowest BCUT2D eigenvalue weighted by Gasteiger charge is -2.12. The van der Waals surface area contributed by atoms with Crippen molar-refractivity contribution in [1.29, 1.82) is 5.26 Å². The highest BCUT2D eigenvalue weighted by atomic mass is 35.5. The molecule has 1 heterocycles. The van der Waals surface area contributed by atoms with E-state index in [1.807, 2.05) is 74.5 Å². The number of anilines is 1. The van der Waals surface area contributed by atoms with Crippen molar-refractivity contribution in [2.75, 3.05) is 11.9 Å². The van der Waals surface area contributed by atoms with Crippen LogP contribution in [0.3, 0.4) is 0 Å². The Morgan fingerprint density at radius 1 is 1.24 bits per heavy atom. The second-order valence-corrected chi connectivity index (χ2v) is 9.18. The maximum atomic E-state index is 12.7. The summed E-state index contributed by atoms with van der Waals surface area (Å²) in [5, 5.41) is 12.3. The monoisotopic (exact) mass is 476 g/mol. The van der Waals surface area contributed by atoms with E-state index in [1.165, 1.54) is 11.8 Å². The summed E-state index contributed by atoms with van der Waals surface area (Å²) < 4.78 is 5.33. The fourth-order valence-corrected chi connectivity index (χ4v) is 4.42. The highest BCUT2D eigenvalue weighted by Gasteiger charge is 2.18. The smallest absolute Gasteiger partial charge is 0.237 e. The third-order valence-corrected chi connectivity index (χ3v) is 6.30. The number of thioether (sulfide) groups is 1. The van der Waals surface area contributed by atoms with Crippen LogP contribution in [-0.2, 0) is 4.79 Å². The standard InChI is InChI=1S/C25H21ClN4O2S/c1-15-6-11-21(20(26)14-15)28-24(31)16(2)33-25-29-22-5-3-4-19(23(22)30-25)17-7-9-18(10-8-17)32-13-12-27/h3-11,14,16H,13H2,1-2H3,(H,28,31)(H,29,30). The average Bonchev–Trinajstić information content (AvgIpc) is 3.22. The van der Waals surface area contributed by atoms with E-state index in [1.54, 1.807) is 6.07 Å². The molecule has 0 spiro atoms. The van der Waals surface area contributed by atoms with E-state index in [-0.39, 0.29) is 17.8 Å². The van der Waals surface area contributed by atoms with Gasteiger partial charge in [0, 0.05) is 5.56 Å². The quantitative estimate of drug-likeness (QED) is 0.309. The minimum atomic E-state index is -0.386. The Bertz CT molecular complexity index is 1350. The Labute approximate surface area is 200 Å². The van der Waals surface area contributed by atoms with Gasteiger partial charge in [-0.2, -0.15) is 5.26 Å². The van der Waals surface area contributed by atoms with Crippen LogP contribution in [0.15, 0.2) is 65.8 Å². The minimum absolute atomic E-state index is 0.0118. The third kappa shape index (κ3) is 5.30. The maximum absolute atomic E-state index is 12.7. The number of aromatic nitrogens is 2. The molecule has 1 aromatic heterocycles. The molecule has 4 rings (SSSR count). The molecule has 0 aliphatic rings. The van der Waals surface area contributed by atoms with Crippen LogP contribution in [0.4, 0.5) is 5.69 Å². The van der Waals surface area contributed by atoms with Gasteiger partial charge in [0.05, 0.1) is 27.0 Å². The zero-order chi connectivity index (χ0) is 23.4. The number of carbonyl (C=O) groups is 1. The summed E-state index contributed by atoms with van der Waals surface area (Å²) in [7, 11) is 0. The number of rotatable bonds is 7. The van der Waals surface area contributed by atoms with Gasteiger partial charge in [-0.1, -0.05) is 53.7 Å². The molecule has 1 unspecified atom stereocenters. The summed E-state index contributed by atoms with van der Waals surface area (Å²) in [5.74, 6) is 0.487. The first-order valence-corrected chi connectivity index (χ1v) is 11.5. The molecule has 0 bridgehead atoms. The molecule has 6 nitrogen and oxygen atoms in total. The van der Waals surface area contributed by atoms with Crippen molar-refractivity contribution in [2.45, 2.75) is 24.3 Å². The predicted molar refractivity (Wildman–Crippen MR) is 133 cm³/mol. The Morgan fingerprint density at radius 3 is 2.76 bits per heavy atom. The molecule has 0 aliphatic heterocycles. The molecular weight excluding hydrogens is 456 g/mol. The second kappa shape index (κ2) is 9.99. The van der Waals surface area contributed by atoms with Crippen LogP contribution in [0.5, 0.6) is 5.75 Å². The van der Waals surface area contributed by atoms with E-state index >= 15 is 0 Å². The van der Waals surface area contributed by atoms with Gasteiger partial charge < -0.3 is 15.0 Å². The van der Waals surface area contributed by atoms with Crippen molar-refractivity contribution in [1.82, 2.24) is 9.97 Å². The molecule has 2 N–H and O–H groups in total. The van der Waals surface area contributed by atoms with Crippen molar-refractivity contribution >= 4 is 46.0 Å². The number of amides is 1. The van der Waals surface area contributed by atoms with Crippen molar-refractivity contribution < 1.29 is 9.53 Å². The number of benzene rings is 3. The fourth-order valence-electron chi connectivity index (χ4n) is 3.33. The average molecular weight is 477 g/mol. The molecule has 1 atom stereocenters. The number of H-pyrrole nitrogens is 1. The Morgan fingerprint density at radius 2 is 2.03 bits per heavy atom. The highest BCUT2D eigenvalue weighted by molar-refractivity contribution is 8.00. The first-order valence-electron chi connectivity index (χ1n) is 10.3. The van der Waals surface area contributed by atoms with Crippen LogP contribution in [0.25, 0.3) is 22.2 Å². The number of imidazole rings is 1. The van der Waals surface area contributed by atoms with Gasteiger partial charge in [-0.15, -0.1) is 0 Å². The number of ether oxygens (including phenoxy) is 1. The summed E-state index contributed by atoms with van der Waals surface area (Å²) in [6.45, 7) is 3.79. The normalized spacial score (nSPS) is 11.7. The molecule has 166 valence electrons. The van der Waals surface area contributed by atoms with Crippen LogP contribution in [0, 0.1) is 18.3 Å². The molecule has 0 fully saturated rings. The number of aryl methyl sites for hydroxylation is 1. The molecule has 33 heavy (non-hydrogen) atoms. The lowest BCUT2D eigenvalue weighted by atomic mass is 10.0. The number of nitrogens with one attached hydrogen (secondary N) is 2. The van der Waals surface area contributed by atoms with Gasteiger partial charge in [0.2, 0.25) is 5.91 Å². The van der Waals surface area contributed by atoms with Crippen LogP contribution in [-0.4, -0.2) is 27.7 Å². The van der Waals surface area contributed by atoms with Crippen LogP contribution in [0.1, 0.15) is 12.5 Å². The van der Waals surface area contributed by atoms with Crippen molar-refractivity contribution in [3.8, 4) is 22.9 Å². The Kier molecular flexibility index (Phi) is 6.87. The number of hydrogen-bond acceptors (Lipinski definition) is 5. The van der Waals surface area contributed by atoms with Crippen LogP contribution in [0.2, 0.25) is 5.02 Å². The summed E-state index contributed by atoms with van der Waals surface area (Å²) in [5.41, 5.74) is 5.30. The highest BCUT2D eigenvalue weighted by Crippen LogP contribution is 2.32. The SMILES string of the molecule is Cc1ccc(NC(=O)C(C)Sc2nc3cccc(-c4ccc(OCC#N)cc4)c3[nH]2)c(Cl)c1. The van der Waals surface area contributed by atoms with E-state index in [9.17, 15) is 4.79 Å². The largest absolute Gasteiger partial charge is 0.479 e. The van der Waals surface area contributed by atoms with Crippen molar-refractivity contribution in [3.63, 3.8) is 0 Å². The number of nitriles is 1. The molecule has 0 saturated carbocycles. The lowest BCUT2D eigenvalue weighted by Crippen LogP contribution is -2.22. The summed E-state index contributed by atoms with van der Waals surface area (Å²) >= 11 is 7.59. The van der Waals surface area contributed by atoms with Gasteiger partial charge >= 0.3 is 0 Å². The van der Waals surface area contributed by atoms with E-state index in [2.05, 4.69) is 15.3 Å². The molecule has 3 aromatic carbocycles. The van der Waals surface area contributed by atoms with E-state index in [4.69, 9.17) is 21.6 Å². The second-order valence-electron chi connectivity index (χ2n) is 7.45. The van der Waals surface area contributed by atoms with Crippen molar-refractivity contribution in [2.24, 2.45) is 0 Å². The topological polar surface area (TPSA) is 90.8 Å². The van der Waals surface area contributed by atoms with Crippen LogP contribution < -0.4 is 10.1 Å². The van der Waals surface area contributed by atoms with Gasteiger partial charge in [-0.25, -0.2) is 4.98 Å². The number of para-hydroxylation sites is 1. The van der Waals surface area contributed by atoms with E-state index < -0.39 is 0 Å². The van der Waals surface area contributed by atoms with Gasteiger partial charge in [0.25, 0.3) is 0 Å². The first-order chi connectivity index (χ1) is 15.9. The number of fused-ring (bicyclic) bond motifs is 1. The third-order valence-electron chi connectivity index (χ3n) is 5.01. The van der Waals surface area contributed by atoms with E-state index in [0.717, 1.165) is 27.7 Å². The molecule has 0 saturated heterocycles. The molecule has 0 radical (unpaired) electrons. The number of aromatic amines is 1. The molecule has 8 heteroatoms. The Hall–Kier alpha value is -3.47. The van der Waals surface area contributed by atoms with Gasteiger partial charge in [0.1, 0.15) is 11.8 Å².